The standard InChI is InChI=1S/C20H24BrN3O2/c1-5-26-17-7-6-13(9-16(17)21)19(25)23-15-8-14-11-24(4)12-20(2,3)18(14)22-10-15/h6-10H,5,11-12H2,1-4H3,(H,23,25). The lowest BCUT2D eigenvalue weighted by Gasteiger charge is -2.37. The predicted molar refractivity (Wildman–Crippen MR) is 107 cm³/mol. The number of benzene rings is 1. The number of carbonyl (C=O) groups excluding carboxylic acids is 1. The van der Waals surface area contributed by atoms with Crippen molar-refractivity contribution in [2.45, 2.75) is 32.7 Å². The fourth-order valence-electron chi connectivity index (χ4n) is 3.52. The van der Waals surface area contributed by atoms with E-state index in [0.29, 0.717) is 17.9 Å². The molecule has 0 fully saturated rings. The SMILES string of the molecule is CCOc1ccc(C(=O)Nc2cnc3c(c2)CN(C)CC3(C)C)cc1Br. The highest BCUT2D eigenvalue weighted by Crippen LogP contribution is 2.32. The molecule has 138 valence electrons. The van der Waals surface area contributed by atoms with E-state index in [4.69, 9.17) is 4.74 Å². The molecule has 0 saturated carbocycles. The van der Waals surface area contributed by atoms with Gasteiger partial charge in [-0.3, -0.25) is 9.78 Å². The summed E-state index contributed by atoms with van der Waals surface area (Å²) in [5.41, 5.74) is 3.55. The van der Waals surface area contributed by atoms with Crippen molar-refractivity contribution in [1.82, 2.24) is 9.88 Å². The third kappa shape index (κ3) is 3.91. The van der Waals surface area contributed by atoms with E-state index >= 15 is 0 Å². The van der Waals surface area contributed by atoms with E-state index in [0.717, 1.165) is 34.6 Å². The molecule has 5 nitrogen and oxygen atoms in total. The van der Waals surface area contributed by atoms with Crippen molar-refractivity contribution in [2.75, 3.05) is 25.5 Å². The summed E-state index contributed by atoms with van der Waals surface area (Å²) >= 11 is 3.45. The molecule has 3 rings (SSSR count). The first kappa shape index (κ1) is 18.9. The number of ether oxygens (including phenoxy) is 1. The summed E-state index contributed by atoms with van der Waals surface area (Å²) in [6, 6.07) is 7.35. The fourth-order valence-corrected chi connectivity index (χ4v) is 4.02. The Morgan fingerprint density at radius 2 is 2.15 bits per heavy atom. The van der Waals surface area contributed by atoms with E-state index in [1.807, 2.05) is 13.0 Å². The molecule has 0 bridgehead atoms. The van der Waals surface area contributed by atoms with Crippen molar-refractivity contribution in [3.8, 4) is 5.75 Å². The number of pyridine rings is 1. The van der Waals surface area contributed by atoms with Crippen LogP contribution in [-0.4, -0.2) is 36.0 Å². The van der Waals surface area contributed by atoms with Crippen LogP contribution in [0.5, 0.6) is 5.75 Å². The lowest BCUT2D eigenvalue weighted by Crippen LogP contribution is -2.40. The molecule has 1 aliphatic rings. The minimum Gasteiger partial charge on any atom is -0.493 e. The van der Waals surface area contributed by atoms with Crippen LogP contribution in [0.15, 0.2) is 34.9 Å². The Morgan fingerprint density at radius 1 is 1.38 bits per heavy atom. The van der Waals surface area contributed by atoms with Crippen LogP contribution in [0, 0.1) is 0 Å². The quantitative estimate of drug-likeness (QED) is 0.808. The maximum absolute atomic E-state index is 12.6. The third-order valence-electron chi connectivity index (χ3n) is 4.46. The molecule has 0 saturated heterocycles. The zero-order chi connectivity index (χ0) is 18.9. The maximum Gasteiger partial charge on any atom is 0.255 e. The van der Waals surface area contributed by atoms with E-state index in [1.54, 1.807) is 24.4 Å². The molecule has 1 aliphatic heterocycles. The van der Waals surface area contributed by atoms with Gasteiger partial charge in [0.15, 0.2) is 0 Å². The zero-order valence-electron chi connectivity index (χ0n) is 15.6. The average Bonchev–Trinajstić information content (AvgIpc) is 2.55. The van der Waals surface area contributed by atoms with Crippen molar-refractivity contribution in [3.05, 3.63) is 51.8 Å². The highest BCUT2D eigenvalue weighted by atomic mass is 79.9. The van der Waals surface area contributed by atoms with E-state index in [2.05, 4.69) is 52.0 Å². The first-order chi connectivity index (χ1) is 12.3. The minimum atomic E-state index is -0.168. The highest BCUT2D eigenvalue weighted by Gasteiger charge is 2.31. The van der Waals surface area contributed by atoms with Gasteiger partial charge >= 0.3 is 0 Å². The Bertz CT molecular complexity index is 836. The number of fused-ring (bicyclic) bond motifs is 1. The van der Waals surface area contributed by atoms with Crippen LogP contribution in [0.2, 0.25) is 0 Å². The number of carbonyl (C=O) groups is 1. The Morgan fingerprint density at radius 3 is 2.85 bits per heavy atom. The summed E-state index contributed by atoms with van der Waals surface area (Å²) in [6.07, 6.45) is 1.74. The molecular formula is C20H24BrN3O2. The number of hydrogen-bond acceptors (Lipinski definition) is 4. The van der Waals surface area contributed by atoms with Gasteiger partial charge in [0.1, 0.15) is 5.75 Å². The smallest absolute Gasteiger partial charge is 0.255 e. The van der Waals surface area contributed by atoms with E-state index in [1.165, 1.54) is 0 Å². The van der Waals surface area contributed by atoms with Gasteiger partial charge < -0.3 is 15.0 Å². The predicted octanol–water partition coefficient (Wildman–Crippen LogP) is 4.22. The summed E-state index contributed by atoms with van der Waals surface area (Å²) in [5.74, 6) is 0.559. The number of rotatable bonds is 4. The molecule has 1 aromatic carbocycles. The van der Waals surface area contributed by atoms with Crippen LogP contribution in [-0.2, 0) is 12.0 Å². The first-order valence-electron chi connectivity index (χ1n) is 8.72. The second-order valence-corrected chi connectivity index (χ2v) is 8.17. The summed E-state index contributed by atoms with van der Waals surface area (Å²) in [5, 5.41) is 2.95. The summed E-state index contributed by atoms with van der Waals surface area (Å²) in [7, 11) is 2.10. The summed E-state index contributed by atoms with van der Waals surface area (Å²) < 4.78 is 6.25. The number of aromatic nitrogens is 1. The third-order valence-corrected chi connectivity index (χ3v) is 5.08. The van der Waals surface area contributed by atoms with Gasteiger partial charge in [-0.05, 0) is 59.7 Å². The van der Waals surface area contributed by atoms with Crippen LogP contribution in [0.4, 0.5) is 5.69 Å². The van der Waals surface area contributed by atoms with E-state index in [9.17, 15) is 4.79 Å². The summed E-state index contributed by atoms with van der Waals surface area (Å²) in [4.78, 5) is 19.5. The highest BCUT2D eigenvalue weighted by molar-refractivity contribution is 9.10. The van der Waals surface area contributed by atoms with Gasteiger partial charge in [0.25, 0.3) is 5.91 Å². The summed E-state index contributed by atoms with van der Waals surface area (Å²) in [6.45, 7) is 8.71. The fraction of sp³-hybridized carbons (Fsp3) is 0.400. The number of anilines is 1. The van der Waals surface area contributed by atoms with Crippen LogP contribution in [0.3, 0.4) is 0 Å². The lowest BCUT2D eigenvalue weighted by atomic mass is 9.82. The molecule has 0 aliphatic carbocycles. The molecule has 1 aromatic heterocycles. The molecule has 0 radical (unpaired) electrons. The molecule has 2 heterocycles. The van der Waals surface area contributed by atoms with Crippen LogP contribution < -0.4 is 10.1 Å². The molecule has 1 N–H and O–H groups in total. The molecule has 2 aromatic rings. The van der Waals surface area contributed by atoms with Crippen molar-refractivity contribution in [1.29, 1.82) is 0 Å². The van der Waals surface area contributed by atoms with Crippen molar-refractivity contribution < 1.29 is 9.53 Å². The molecule has 0 unspecified atom stereocenters. The van der Waals surface area contributed by atoms with Crippen molar-refractivity contribution >= 4 is 27.5 Å². The van der Waals surface area contributed by atoms with Crippen molar-refractivity contribution in [3.63, 3.8) is 0 Å². The van der Waals surface area contributed by atoms with Gasteiger partial charge in [0.2, 0.25) is 0 Å². The van der Waals surface area contributed by atoms with Gasteiger partial charge in [-0.15, -0.1) is 0 Å². The Balaban J connectivity index is 1.80. The number of nitrogens with one attached hydrogen (secondary N) is 1. The molecule has 6 heteroatoms. The van der Waals surface area contributed by atoms with E-state index in [-0.39, 0.29) is 11.3 Å². The van der Waals surface area contributed by atoms with Crippen LogP contribution in [0.25, 0.3) is 0 Å². The molecule has 1 amide bonds. The lowest BCUT2D eigenvalue weighted by molar-refractivity contribution is 0.102. The second-order valence-electron chi connectivity index (χ2n) is 7.32. The average molecular weight is 418 g/mol. The molecule has 0 atom stereocenters. The van der Waals surface area contributed by atoms with Gasteiger partial charge in [0.05, 0.1) is 28.7 Å². The van der Waals surface area contributed by atoms with Crippen LogP contribution >= 0.6 is 15.9 Å². The van der Waals surface area contributed by atoms with Gasteiger partial charge in [-0.1, -0.05) is 13.8 Å². The molecule has 26 heavy (non-hydrogen) atoms. The zero-order valence-corrected chi connectivity index (χ0v) is 17.2. The topological polar surface area (TPSA) is 54.5 Å². The number of amides is 1. The monoisotopic (exact) mass is 417 g/mol. The van der Waals surface area contributed by atoms with Gasteiger partial charge in [-0.2, -0.15) is 0 Å². The molecular weight excluding hydrogens is 394 g/mol. The molecule has 0 spiro atoms. The van der Waals surface area contributed by atoms with Crippen LogP contribution in [0.1, 0.15) is 42.4 Å². The number of halogens is 1. The Kier molecular flexibility index (Phi) is 5.34. The maximum atomic E-state index is 12.6. The van der Waals surface area contributed by atoms with Gasteiger partial charge in [-0.25, -0.2) is 0 Å². The minimum absolute atomic E-state index is 0.00481. The second kappa shape index (κ2) is 7.37. The normalized spacial score (nSPS) is 16.0. The first-order valence-corrected chi connectivity index (χ1v) is 9.51. The van der Waals surface area contributed by atoms with Gasteiger partial charge in [0, 0.05) is 24.1 Å². The van der Waals surface area contributed by atoms with E-state index < -0.39 is 0 Å². The largest absolute Gasteiger partial charge is 0.493 e. The number of likely N-dealkylation sites (N-methyl/N-ethyl adjacent to an activating group) is 1. The number of hydrogen-bond donors (Lipinski definition) is 1. The Hall–Kier alpha value is -1.92. The van der Waals surface area contributed by atoms with Crippen molar-refractivity contribution in [2.24, 2.45) is 0 Å². The Labute approximate surface area is 162 Å². The number of nitrogens with zero attached hydrogens (tertiary/aromatic N) is 2.